The SMILES string of the molecule is Cc1cc(N)n(/N=C\c2cc(Cl)cc([N+](=O)[O-])c2O)c(=O)c1. The summed E-state index contributed by atoms with van der Waals surface area (Å²) in [5, 5.41) is 24.5. The molecule has 1 heterocycles. The standard InChI is InChI=1S/C13H11ClN4O4/c1-7-2-11(15)17(12(19)3-7)16-6-8-4-9(14)5-10(13(8)20)18(21)22/h2-6,20H,15H2,1H3/b16-6-. The van der Waals surface area contributed by atoms with Gasteiger partial charge in [0.25, 0.3) is 5.56 Å². The van der Waals surface area contributed by atoms with Gasteiger partial charge in [-0.15, -0.1) is 0 Å². The Hall–Kier alpha value is -2.87. The van der Waals surface area contributed by atoms with Gasteiger partial charge in [0, 0.05) is 22.7 Å². The molecule has 0 aliphatic heterocycles. The van der Waals surface area contributed by atoms with Crippen LogP contribution in [0.5, 0.6) is 5.75 Å². The minimum Gasteiger partial charge on any atom is -0.502 e. The van der Waals surface area contributed by atoms with Crippen molar-refractivity contribution in [1.29, 1.82) is 0 Å². The average molecular weight is 323 g/mol. The zero-order valence-electron chi connectivity index (χ0n) is 11.4. The van der Waals surface area contributed by atoms with Gasteiger partial charge in [0.2, 0.25) is 5.75 Å². The van der Waals surface area contributed by atoms with Crippen LogP contribution >= 0.6 is 11.6 Å². The van der Waals surface area contributed by atoms with Crippen LogP contribution < -0.4 is 11.3 Å². The Morgan fingerprint density at radius 3 is 2.68 bits per heavy atom. The van der Waals surface area contributed by atoms with Crippen molar-refractivity contribution in [3.63, 3.8) is 0 Å². The van der Waals surface area contributed by atoms with Crippen LogP contribution in [-0.2, 0) is 0 Å². The number of phenols is 1. The van der Waals surface area contributed by atoms with Crippen LogP contribution in [0.15, 0.2) is 34.2 Å². The number of phenolic OH excluding ortho intramolecular Hbond substituents is 1. The predicted molar refractivity (Wildman–Crippen MR) is 82.6 cm³/mol. The number of aromatic hydroxyl groups is 1. The summed E-state index contributed by atoms with van der Waals surface area (Å²) in [7, 11) is 0. The van der Waals surface area contributed by atoms with Gasteiger partial charge in [-0.3, -0.25) is 14.9 Å². The highest BCUT2D eigenvalue weighted by Crippen LogP contribution is 2.32. The van der Waals surface area contributed by atoms with Crippen LogP contribution in [0.3, 0.4) is 0 Å². The third-order valence-electron chi connectivity index (χ3n) is 2.77. The molecular formula is C13H11ClN4O4. The topological polar surface area (TPSA) is 124 Å². The Kier molecular flexibility index (Phi) is 4.13. The number of anilines is 1. The van der Waals surface area contributed by atoms with Crippen LogP contribution in [-0.4, -0.2) is 20.9 Å². The Balaban J connectivity index is 2.52. The Bertz CT molecular complexity index is 845. The lowest BCUT2D eigenvalue weighted by Gasteiger charge is -2.05. The molecule has 1 aromatic heterocycles. The smallest absolute Gasteiger partial charge is 0.312 e. The molecule has 3 N–H and O–H groups in total. The van der Waals surface area contributed by atoms with Crippen molar-refractivity contribution in [2.45, 2.75) is 6.92 Å². The van der Waals surface area contributed by atoms with E-state index < -0.39 is 21.9 Å². The molecule has 22 heavy (non-hydrogen) atoms. The molecule has 0 atom stereocenters. The van der Waals surface area contributed by atoms with Crippen LogP contribution in [0, 0.1) is 17.0 Å². The van der Waals surface area contributed by atoms with E-state index >= 15 is 0 Å². The zero-order chi connectivity index (χ0) is 16.4. The quantitative estimate of drug-likeness (QED) is 0.507. The molecule has 0 bridgehead atoms. The first-order valence-electron chi connectivity index (χ1n) is 6.00. The third kappa shape index (κ3) is 3.07. The summed E-state index contributed by atoms with van der Waals surface area (Å²) in [6.45, 7) is 1.71. The van der Waals surface area contributed by atoms with E-state index in [2.05, 4.69) is 5.10 Å². The molecule has 8 nitrogen and oxygen atoms in total. The number of nitro benzene ring substituents is 1. The van der Waals surface area contributed by atoms with Gasteiger partial charge < -0.3 is 10.8 Å². The van der Waals surface area contributed by atoms with Crippen LogP contribution in [0.4, 0.5) is 11.5 Å². The maximum absolute atomic E-state index is 11.8. The molecule has 9 heteroatoms. The number of pyridine rings is 1. The lowest BCUT2D eigenvalue weighted by molar-refractivity contribution is -0.385. The van der Waals surface area contributed by atoms with Crippen molar-refractivity contribution in [3.05, 3.63) is 60.9 Å². The van der Waals surface area contributed by atoms with E-state index in [0.29, 0.717) is 5.56 Å². The number of nitrogens with two attached hydrogens (primary N) is 1. The monoisotopic (exact) mass is 322 g/mol. The van der Waals surface area contributed by atoms with Crippen molar-refractivity contribution in [2.24, 2.45) is 5.10 Å². The van der Waals surface area contributed by atoms with Crippen molar-refractivity contribution in [1.82, 2.24) is 4.68 Å². The van der Waals surface area contributed by atoms with Crippen molar-refractivity contribution < 1.29 is 10.0 Å². The largest absolute Gasteiger partial charge is 0.502 e. The summed E-state index contributed by atoms with van der Waals surface area (Å²) < 4.78 is 0.902. The summed E-state index contributed by atoms with van der Waals surface area (Å²) in [4.78, 5) is 21.8. The highest BCUT2D eigenvalue weighted by Gasteiger charge is 2.17. The molecule has 114 valence electrons. The minimum absolute atomic E-state index is 0.00826. The van der Waals surface area contributed by atoms with E-state index in [-0.39, 0.29) is 16.4 Å². The van der Waals surface area contributed by atoms with Crippen molar-refractivity contribution in [2.75, 3.05) is 5.73 Å². The zero-order valence-corrected chi connectivity index (χ0v) is 12.1. The summed E-state index contributed by atoms with van der Waals surface area (Å²) in [5.74, 6) is -0.505. The second-order valence-corrected chi connectivity index (χ2v) is 4.91. The van der Waals surface area contributed by atoms with Crippen LogP contribution in [0.2, 0.25) is 5.02 Å². The number of nitrogen functional groups attached to an aromatic ring is 1. The van der Waals surface area contributed by atoms with E-state index in [1.165, 1.54) is 12.1 Å². The van der Waals surface area contributed by atoms with Gasteiger partial charge in [0.1, 0.15) is 5.82 Å². The number of aromatic nitrogens is 1. The first-order chi connectivity index (χ1) is 10.3. The minimum atomic E-state index is -0.773. The molecule has 0 aliphatic carbocycles. The van der Waals surface area contributed by atoms with Gasteiger partial charge in [-0.25, -0.2) is 0 Å². The highest BCUT2D eigenvalue weighted by atomic mass is 35.5. The Labute approximate surface area is 129 Å². The molecule has 0 saturated carbocycles. The van der Waals surface area contributed by atoms with E-state index in [0.717, 1.165) is 17.0 Å². The van der Waals surface area contributed by atoms with E-state index in [4.69, 9.17) is 17.3 Å². The summed E-state index contributed by atoms with van der Waals surface area (Å²) in [6.07, 6.45) is 1.07. The first-order valence-corrected chi connectivity index (χ1v) is 6.38. The van der Waals surface area contributed by atoms with E-state index in [1.54, 1.807) is 13.0 Å². The van der Waals surface area contributed by atoms with Gasteiger partial charge >= 0.3 is 5.69 Å². The number of halogens is 1. The molecule has 0 fully saturated rings. The summed E-state index contributed by atoms with van der Waals surface area (Å²) in [5.41, 5.74) is 5.33. The number of benzene rings is 1. The second kappa shape index (κ2) is 5.86. The Morgan fingerprint density at radius 1 is 1.41 bits per heavy atom. The fraction of sp³-hybridized carbons (Fsp3) is 0.0769. The van der Waals surface area contributed by atoms with Crippen molar-refractivity contribution in [3.8, 4) is 5.75 Å². The Morgan fingerprint density at radius 2 is 2.09 bits per heavy atom. The molecule has 0 spiro atoms. The molecule has 0 amide bonds. The van der Waals surface area contributed by atoms with Gasteiger partial charge in [0.05, 0.1) is 11.1 Å². The molecule has 0 aliphatic rings. The highest BCUT2D eigenvalue weighted by molar-refractivity contribution is 6.31. The molecule has 1 aromatic carbocycles. The normalized spacial score (nSPS) is 11.0. The number of nitrogens with zero attached hydrogens (tertiary/aromatic N) is 3. The first kappa shape index (κ1) is 15.5. The van der Waals surface area contributed by atoms with Gasteiger partial charge in [-0.2, -0.15) is 9.78 Å². The molecule has 0 radical (unpaired) electrons. The number of nitro groups is 1. The van der Waals surface area contributed by atoms with Gasteiger partial charge in [0.15, 0.2) is 0 Å². The number of aryl methyl sites for hydroxylation is 1. The van der Waals surface area contributed by atoms with E-state index in [1.807, 2.05) is 0 Å². The summed E-state index contributed by atoms with van der Waals surface area (Å²) in [6, 6.07) is 5.16. The number of hydrogen-bond donors (Lipinski definition) is 2. The molecular weight excluding hydrogens is 312 g/mol. The van der Waals surface area contributed by atoms with Gasteiger partial charge in [-0.1, -0.05) is 11.6 Å². The average Bonchev–Trinajstić information content (AvgIpc) is 2.40. The van der Waals surface area contributed by atoms with Crippen LogP contribution in [0.25, 0.3) is 0 Å². The second-order valence-electron chi connectivity index (χ2n) is 4.47. The van der Waals surface area contributed by atoms with Crippen LogP contribution in [0.1, 0.15) is 11.1 Å². The fourth-order valence-corrected chi connectivity index (χ4v) is 2.03. The molecule has 0 saturated heterocycles. The predicted octanol–water partition coefficient (Wildman–Crippen LogP) is 1.89. The van der Waals surface area contributed by atoms with Crippen molar-refractivity contribution >= 4 is 29.3 Å². The number of rotatable bonds is 3. The summed E-state index contributed by atoms with van der Waals surface area (Å²) >= 11 is 5.76. The molecule has 2 rings (SSSR count). The van der Waals surface area contributed by atoms with E-state index in [9.17, 15) is 20.0 Å². The maximum Gasteiger partial charge on any atom is 0.312 e. The lowest BCUT2D eigenvalue weighted by Crippen LogP contribution is -2.19. The van der Waals surface area contributed by atoms with Gasteiger partial charge in [-0.05, 0) is 24.6 Å². The third-order valence-corrected chi connectivity index (χ3v) is 2.99. The fourth-order valence-electron chi connectivity index (χ4n) is 1.81. The maximum atomic E-state index is 11.8. The molecule has 2 aromatic rings. The number of hydrogen-bond acceptors (Lipinski definition) is 6. The molecule has 0 unspecified atom stereocenters. The lowest BCUT2D eigenvalue weighted by atomic mass is 10.2.